The van der Waals surface area contributed by atoms with E-state index >= 15 is 0 Å². The van der Waals surface area contributed by atoms with Gasteiger partial charge >= 0.3 is 16.0 Å². The molecule has 1 aromatic heterocycles. The van der Waals surface area contributed by atoms with Crippen LogP contribution in [-0.2, 0) is 26.1 Å². The highest BCUT2D eigenvalue weighted by Crippen LogP contribution is 2.42. The summed E-state index contributed by atoms with van der Waals surface area (Å²) in [5, 5.41) is 0. The second kappa shape index (κ2) is 11.1. The molecule has 0 unspecified atom stereocenters. The number of nitrogens with zero attached hydrogens (tertiary/aromatic N) is 2. The molecular weight excluding hydrogens is 568 g/mol. The van der Waals surface area contributed by atoms with E-state index in [0.717, 1.165) is 16.7 Å². The fourth-order valence-electron chi connectivity index (χ4n) is 4.63. The van der Waals surface area contributed by atoms with E-state index in [1.165, 1.54) is 4.57 Å². The van der Waals surface area contributed by atoms with Crippen LogP contribution in [0.2, 0.25) is 0 Å². The quantitative estimate of drug-likeness (QED) is 0.202. The summed E-state index contributed by atoms with van der Waals surface area (Å²) >= 11 is 0. The number of aromatic nitrogens is 1. The van der Waals surface area contributed by atoms with Crippen molar-refractivity contribution in [1.82, 2.24) is 0 Å². The lowest BCUT2D eigenvalue weighted by Gasteiger charge is -2.18. The number of benzene rings is 3. The minimum absolute atomic E-state index is 0.0699. The molecule has 1 aliphatic heterocycles. The first-order chi connectivity index (χ1) is 19.4. The Balaban J connectivity index is 1.58. The van der Waals surface area contributed by atoms with Crippen molar-refractivity contribution in [2.45, 2.75) is 26.1 Å². The second-order valence-corrected chi connectivity index (χ2v) is 12.7. The van der Waals surface area contributed by atoms with Crippen LogP contribution < -0.4 is 14.2 Å². The van der Waals surface area contributed by atoms with Gasteiger partial charge in [0.1, 0.15) is 0 Å². The van der Waals surface area contributed by atoms with Gasteiger partial charge in [0.2, 0.25) is 11.5 Å². The molecule has 5 rings (SSSR count). The van der Waals surface area contributed by atoms with E-state index in [-0.39, 0.29) is 12.4 Å². The Labute approximate surface area is 238 Å². The Bertz CT molecular complexity index is 1890. The van der Waals surface area contributed by atoms with E-state index in [4.69, 9.17) is 9.15 Å². The Morgan fingerprint density at radius 1 is 0.951 bits per heavy atom. The van der Waals surface area contributed by atoms with Crippen LogP contribution in [0.1, 0.15) is 24.8 Å². The van der Waals surface area contributed by atoms with Crippen LogP contribution in [0.5, 0.6) is 5.75 Å². The molecule has 1 aliphatic rings. The van der Waals surface area contributed by atoms with E-state index in [9.17, 15) is 25.9 Å². The SMILES string of the molecule is CCC(=Cc1oc2ccc(C)cc2[n+]1CS(=O)(=O)O)C=C1Oc2ccc(-c3ccccc3)cc2N1CCS(=O)(=O)O. The van der Waals surface area contributed by atoms with Crippen LogP contribution in [0, 0.1) is 6.92 Å². The first-order valence-corrected chi connectivity index (χ1v) is 16.0. The number of fused-ring (bicyclic) bond motifs is 2. The number of ether oxygens (including phenoxy) is 1. The van der Waals surface area contributed by atoms with E-state index in [0.29, 0.717) is 40.4 Å². The summed E-state index contributed by atoms with van der Waals surface area (Å²) in [5.41, 5.74) is 5.02. The molecule has 3 aromatic carbocycles. The second-order valence-electron chi connectivity index (χ2n) is 9.69. The summed E-state index contributed by atoms with van der Waals surface area (Å²) in [4.78, 5) is 1.67. The van der Waals surface area contributed by atoms with Gasteiger partial charge in [0.15, 0.2) is 5.75 Å². The Hall–Kier alpha value is -3.97. The minimum Gasteiger partial charge on any atom is -0.439 e. The summed E-state index contributed by atoms with van der Waals surface area (Å²) in [5.74, 6) is -0.181. The number of hydrogen-bond donors (Lipinski definition) is 2. The summed E-state index contributed by atoms with van der Waals surface area (Å²) in [7, 11) is -8.65. The summed E-state index contributed by atoms with van der Waals surface area (Å²) in [6.45, 7) is 3.68. The zero-order valence-corrected chi connectivity index (χ0v) is 24.0. The van der Waals surface area contributed by atoms with Gasteiger partial charge in [-0.3, -0.25) is 9.11 Å². The molecule has 2 N–H and O–H groups in total. The first kappa shape index (κ1) is 28.6. The number of allylic oxidation sites excluding steroid dienone is 2. The number of rotatable bonds is 9. The van der Waals surface area contributed by atoms with Crippen molar-refractivity contribution in [2.75, 3.05) is 17.2 Å². The number of anilines is 1. The monoisotopic (exact) mass is 597 g/mol. The predicted octanol–water partition coefficient (Wildman–Crippen LogP) is 4.96. The van der Waals surface area contributed by atoms with Gasteiger partial charge in [0.25, 0.3) is 21.5 Å². The smallest absolute Gasteiger partial charge is 0.375 e. The molecule has 0 saturated heterocycles. The normalized spacial score (nSPS) is 15.0. The maximum absolute atomic E-state index is 11.8. The highest BCUT2D eigenvalue weighted by molar-refractivity contribution is 7.85. The molecular formula is C29H29N2O8S2+. The van der Waals surface area contributed by atoms with E-state index < -0.39 is 31.9 Å². The molecule has 4 aromatic rings. The highest BCUT2D eigenvalue weighted by atomic mass is 32.2. The van der Waals surface area contributed by atoms with E-state index in [1.54, 1.807) is 35.3 Å². The van der Waals surface area contributed by atoms with Crippen molar-refractivity contribution in [3.63, 3.8) is 0 Å². The lowest BCUT2D eigenvalue weighted by atomic mass is 10.0. The van der Waals surface area contributed by atoms with Crippen LogP contribution in [0.25, 0.3) is 28.3 Å². The Kier molecular flexibility index (Phi) is 7.75. The van der Waals surface area contributed by atoms with Crippen molar-refractivity contribution < 1.29 is 39.7 Å². The molecule has 0 saturated carbocycles. The maximum Gasteiger partial charge on any atom is 0.375 e. The molecule has 0 fully saturated rings. The fraction of sp³-hybridized carbons (Fsp3) is 0.207. The highest BCUT2D eigenvalue weighted by Gasteiger charge is 2.29. The third-order valence-electron chi connectivity index (χ3n) is 6.61. The molecule has 10 nitrogen and oxygen atoms in total. The van der Waals surface area contributed by atoms with Crippen molar-refractivity contribution in [1.29, 1.82) is 0 Å². The number of aryl methyl sites for hydroxylation is 1. The zero-order valence-electron chi connectivity index (χ0n) is 22.4. The van der Waals surface area contributed by atoms with Crippen LogP contribution in [0.15, 0.2) is 88.7 Å². The molecule has 41 heavy (non-hydrogen) atoms. The van der Waals surface area contributed by atoms with Gasteiger partial charge in [-0.2, -0.15) is 16.8 Å². The van der Waals surface area contributed by atoms with Crippen LogP contribution in [-0.4, -0.2) is 38.2 Å². The lowest BCUT2D eigenvalue weighted by Crippen LogP contribution is -2.39. The van der Waals surface area contributed by atoms with Crippen molar-refractivity contribution >= 4 is 43.1 Å². The summed E-state index contributed by atoms with van der Waals surface area (Å²) in [6, 6.07) is 20.6. The minimum atomic E-state index is -4.39. The largest absolute Gasteiger partial charge is 0.439 e. The molecule has 0 atom stereocenters. The first-order valence-electron chi connectivity index (χ1n) is 12.8. The van der Waals surface area contributed by atoms with Crippen molar-refractivity contribution in [3.8, 4) is 16.9 Å². The molecule has 0 aliphatic carbocycles. The van der Waals surface area contributed by atoms with Gasteiger partial charge < -0.3 is 14.1 Å². The number of hydrogen-bond acceptors (Lipinski definition) is 7. The lowest BCUT2D eigenvalue weighted by molar-refractivity contribution is -0.658. The zero-order chi connectivity index (χ0) is 29.4. The van der Waals surface area contributed by atoms with Gasteiger partial charge in [-0.15, -0.1) is 4.57 Å². The molecule has 214 valence electrons. The Morgan fingerprint density at radius 3 is 2.39 bits per heavy atom. The summed E-state index contributed by atoms with van der Waals surface area (Å²) in [6.07, 6.45) is 3.84. The average Bonchev–Trinajstić information content (AvgIpc) is 3.42. The van der Waals surface area contributed by atoms with E-state index in [2.05, 4.69) is 0 Å². The number of oxazole rings is 1. The molecule has 0 bridgehead atoms. The molecule has 0 amide bonds. The third-order valence-corrected chi connectivity index (χ3v) is 7.90. The van der Waals surface area contributed by atoms with Gasteiger partial charge in [-0.1, -0.05) is 49.4 Å². The van der Waals surface area contributed by atoms with Crippen molar-refractivity contribution in [3.05, 3.63) is 95.7 Å². The van der Waals surface area contributed by atoms with Gasteiger partial charge in [-0.05, 0) is 53.8 Å². The summed E-state index contributed by atoms with van der Waals surface area (Å²) < 4.78 is 79.5. The topological polar surface area (TPSA) is 138 Å². The van der Waals surface area contributed by atoms with Gasteiger partial charge in [0.05, 0.1) is 17.5 Å². The molecule has 2 heterocycles. The van der Waals surface area contributed by atoms with Crippen LogP contribution in [0.3, 0.4) is 0 Å². The fourth-order valence-corrected chi connectivity index (χ4v) is 5.64. The standard InChI is InChI=1S/C29H28N2O8S2/c1-3-21(17-29-31(19-41(35,36)37)24-15-20(2)9-11-26(24)39-29)16-28-30(13-14-40(32,33)34)25-18-23(10-12-27(25)38-28)22-7-5-4-6-8-22/h4-12,15-18H,3,13-14,19H2,1-2H3,(H-,32,33,34,35,36,37)/p+1. The third kappa shape index (κ3) is 6.68. The van der Waals surface area contributed by atoms with Crippen LogP contribution in [0.4, 0.5) is 5.69 Å². The maximum atomic E-state index is 11.8. The molecule has 12 heteroatoms. The average molecular weight is 598 g/mol. The molecule has 0 spiro atoms. The molecule has 0 radical (unpaired) electrons. The van der Waals surface area contributed by atoms with Gasteiger partial charge in [-0.25, -0.2) is 0 Å². The predicted molar refractivity (Wildman–Crippen MR) is 155 cm³/mol. The van der Waals surface area contributed by atoms with Gasteiger partial charge in [0, 0.05) is 18.7 Å². The Morgan fingerprint density at radius 2 is 1.71 bits per heavy atom. The van der Waals surface area contributed by atoms with Crippen LogP contribution >= 0.6 is 0 Å². The van der Waals surface area contributed by atoms with Crippen molar-refractivity contribution in [2.24, 2.45) is 0 Å². The van der Waals surface area contributed by atoms with E-state index in [1.807, 2.05) is 62.4 Å².